The van der Waals surface area contributed by atoms with Crippen molar-refractivity contribution in [1.82, 2.24) is 19.7 Å². The summed E-state index contributed by atoms with van der Waals surface area (Å²) in [6.45, 7) is 1.86. The van der Waals surface area contributed by atoms with Gasteiger partial charge in [0.25, 0.3) is 0 Å². The van der Waals surface area contributed by atoms with Crippen molar-refractivity contribution < 1.29 is 0 Å². The van der Waals surface area contributed by atoms with E-state index in [0.717, 1.165) is 11.4 Å². The van der Waals surface area contributed by atoms with Gasteiger partial charge in [0.1, 0.15) is 12.0 Å². The summed E-state index contributed by atoms with van der Waals surface area (Å²) in [5.41, 5.74) is 7.94. The molecule has 0 atom stereocenters. The second-order valence-corrected chi connectivity index (χ2v) is 2.71. The third-order valence-corrected chi connectivity index (χ3v) is 1.75. The van der Waals surface area contributed by atoms with Crippen LogP contribution in [0.1, 0.15) is 5.69 Å². The lowest BCUT2D eigenvalue weighted by atomic mass is 10.4. The highest BCUT2D eigenvalue weighted by Crippen LogP contribution is 2.10. The normalized spacial score (nSPS) is 10.2. The molecule has 0 radical (unpaired) electrons. The maximum Gasteiger partial charge on any atom is 0.115 e. The third kappa shape index (κ3) is 1.35. The maximum absolute atomic E-state index is 5.65. The van der Waals surface area contributed by atoms with E-state index in [9.17, 15) is 0 Å². The summed E-state index contributed by atoms with van der Waals surface area (Å²) in [5, 5.41) is 4.19. The standard InChI is InChI=1S/C8H9N5/c1-6-8(9)4-13(12-6)7-2-10-5-11-3-7/h2-5H,9H2,1H3. The Morgan fingerprint density at radius 3 is 2.54 bits per heavy atom. The molecule has 2 rings (SSSR count). The number of aryl methyl sites for hydroxylation is 1. The average molecular weight is 175 g/mol. The van der Waals surface area contributed by atoms with Gasteiger partial charge in [-0.3, -0.25) is 0 Å². The molecule has 2 N–H and O–H groups in total. The lowest BCUT2D eigenvalue weighted by molar-refractivity contribution is 0.848. The van der Waals surface area contributed by atoms with E-state index in [2.05, 4.69) is 15.1 Å². The SMILES string of the molecule is Cc1nn(-c2cncnc2)cc1N. The molecule has 66 valence electrons. The molecule has 0 amide bonds. The van der Waals surface area contributed by atoms with Gasteiger partial charge >= 0.3 is 0 Å². The van der Waals surface area contributed by atoms with Crippen molar-refractivity contribution in [2.45, 2.75) is 6.92 Å². The van der Waals surface area contributed by atoms with Crippen LogP contribution in [0, 0.1) is 6.92 Å². The minimum Gasteiger partial charge on any atom is -0.396 e. The van der Waals surface area contributed by atoms with Gasteiger partial charge in [-0.05, 0) is 6.92 Å². The van der Waals surface area contributed by atoms with E-state index >= 15 is 0 Å². The number of nitrogens with zero attached hydrogens (tertiary/aromatic N) is 4. The number of hydrogen-bond acceptors (Lipinski definition) is 4. The Bertz CT molecular complexity index is 386. The molecule has 0 aliphatic carbocycles. The minimum absolute atomic E-state index is 0.670. The molecule has 2 aromatic rings. The van der Waals surface area contributed by atoms with Gasteiger partial charge in [0.15, 0.2) is 0 Å². The smallest absolute Gasteiger partial charge is 0.115 e. The van der Waals surface area contributed by atoms with Crippen molar-refractivity contribution >= 4 is 5.69 Å². The second kappa shape index (κ2) is 2.85. The zero-order chi connectivity index (χ0) is 9.26. The van der Waals surface area contributed by atoms with E-state index < -0.39 is 0 Å². The Balaban J connectivity index is 2.48. The summed E-state index contributed by atoms with van der Waals surface area (Å²) in [6, 6.07) is 0. The monoisotopic (exact) mass is 175 g/mol. The largest absolute Gasteiger partial charge is 0.396 e. The highest BCUT2D eigenvalue weighted by Gasteiger charge is 2.02. The van der Waals surface area contributed by atoms with E-state index in [-0.39, 0.29) is 0 Å². The van der Waals surface area contributed by atoms with Crippen LogP contribution in [0.4, 0.5) is 5.69 Å². The van der Waals surface area contributed by atoms with Gasteiger partial charge in [0.2, 0.25) is 0 Å². The number of aromatic nitrogens is 4. The minimum atomic E-state index is 0.670. The van der Waals surface area contributed by atoms with Crippen LogP contribution in [0.3, 0.4) is 0 Å². The van der Waals surface area contributed by atoms with Gasteiger partial charge < -0.3 is 5.73 Å². The van der Waals surface area contributed by atoms with E-state index in [1.165, 1.54) is 6.33 Å². The molecule has 0 saturated carbocycles. The highest BCUT2D eigenvalue weighted by atomic mass is 15.3. The van der Waals surface area contributed by atoms with Crippen LogP contribution < -0.4 is 5.73 Å². The van der Waals surface area contributed by atoms with Crippen LogP contribution in [0.2, 0.25) is 0 Å². The van der Waals surface area contributed by atoms with Gasteiger partial charge in [0, 0.05) is 0 Å². The molecule has 13 heavy (non-hydrogen) atoms. The first-order chi connectivity index (χ1) is 6.27. The van der Waals surface area contributed by atoms with Gasteiger partial charge in [-0.2, -0.15) is 5.10 Å². The molecular weight excluding hydrogens is 166 g/mol. The highest BCUT2D eigenvalue weighted by molar-refractivity contribution is 5.42. The van der Waals surface area contributed by atoms with Crippen LogP contribution in [-0.2, 0) is 0 Å². The quantitative estimate of drug-likeness (QED) is 0.687. The van der Waals surface area contributed by atoms with E-state index in [4.69, 9.17) is 5.73 Å². The molecule has 0 bridgehead atoms. The van der Waals surface area contributed by atoms with Gasteiger partial charge in [-0.25, -0.2) is 14.6 Å². The number of rotatable bonds is 1. The zero-order valence-electron chi connectivity index (χ0n) is 7.18. The summed E-state index contributed by atoms with van der Waals surface area (Å²) in [7, 11) is 0. The van der Waals surface area contributed by atoms with Crippen LogP contribution >= 0.6 is 0 Å². The Morgan fingerprint density at radius 2 is 2.00 bits per heavy atom. The number of anilines is 1. The van der Waals surface area contributed by atoms with Gasteiger partial charge in [-0.1, -0.05) is 0 Å². The second-order valence-electron chi connectivity index (χ2n) is 2.71. The molecule has 0 aliphatic heterocycles. The fourth-order valence-corrected chi connectivity index (χ4v) is 1.02. The van der Waals surface area contributed by atoms with Crippen LogP contribution in [-0.4, -0.2) is 19.7 Å². The molecular formula is C8H9N5. The van der Waals surface area contributed by atoms with E-state index in [1.54, 1.807) is 23.3 Å². The first-order valence-corrected chi connectivity index (χ1v) is 3.84. The Morgan fingerprint density at radius 1 is 1.31 bits per heavy atom. The molecule has 2 heterocycles. The lowest BCUT2D eigenvalue weighted by Crippen LogP contribution is -1.95. The van der Waals surface area contributed by atoms with Crippen LogP contribution in [0.25, 0.3) is 5.69 Å². The number of nitrogens with two attached hydrogens (primary N) is 1. The van der Waals surface area contributed by atoms with Gasteiger partial charge in [0.05, 0.1) is 30.0 Å². The summed E-state index contributed by atoms with van der Waals surface area (Å²) in [5.74, 6) is 0. The van der Waals surface area contributed by atoms with E-state index in [0.29, 0.717) is 5.69 Å². The maximum atomic E-state index is 5.65. The molecule has 5 heteroatoms. The third-order valence-electron chi connectivity index (χ3n) is 1.75. The molecule has 0 spiro atoms. The first-order valence-electron chi connectivity index (χ1n) is 3.84. The van der Waals surface area contributed by atoms with Crippen molar-refractivity contribution in [3.63, 3.8) is 0 Å². The van der Waals surface area contributed by atoms with Gasteiger partial charge in [-0.15, -0.1) is 0 Å². The molecule has 5 nitrogen and oxygen atoms in total. The lowest BCUT2D eigenvalue weighted by Gasteiger charge is -1.96. The Hall–Kier alpha value is -1.91. The molecule has 0 unspecified atom stereocenters. The molecule has 0 saturated heterocycles. The van der Waals surface area contributed by atoms with Crippen molar-refractivity contribution in [3.05, 3.63) is 30.6 Å². The average Bonchev–Trinajstić information content (AvgIpc) is 2.49. The van der Waals surface area contributed by atoms with Crippen molar-refractivity contribution in [2.75, 3.05) is 5.73 Å². The Labute approximate surface area is 75.2 Å². The molecule has 0 fully saturated rings. The number of hydrogen-bond donors (Lipinski definition) is 1. The number of nitrogen functional groups attached to an aromatic ring is 1. The van der Waals surface area contributed by atoms with Crippen LogP contribution in [0.15, 0.2) is 24.9 Å². The van der Waals surface area contributed by atoms with Crippen molar-refractivity contribution in [1.29, 1.82) is 0 Å². The summed E-state index contributed by atoms with van der Waals surface area (Å²) in [6.07, 6.45) is 6.58. The summed E-state index contributed by atoms with van der Waals surface area (Å²) >= 11 is 0. The summed E-state index contributed by atoms with van der Waals surface area (Å²) in [4.78, 5) is 7.77. The van der Waals surface area contributed by atoms with Crippen molar-refractivity contribution in [3.8, 4) is 5.69 Å². The predicted octanol–water partition coefficient (Wildman–Crippen LogP) is 0.553. The van der Waals surface area contributed by atoms with Crippen LogP contribution in [0.5, 0.6) is 0 Å². The fourth-order valence-electron chi connectivity index (χ4n) is 1.02. The zero-order valence-corrected chi connectivity index (χ0v) is 7.18. The first kappa shape index (κ1) is 7.72. The van der Waals surface area contributed by atoms with Crippen molar-refractivity contribution in [2.24, 2.45) is 0 Å². The fraction of sp³-hybridized carbons (Fsp3) is 0.125. The topological polar surface area (TPSA) is 69.6 Å². The Kier molecular flexibility index (Phi) is 1.70. The molecule has 0 aromatic carbocycles. The molecule has 2 aromatic heterocycles. The summed E-state index contributed by atoms with van der Waals surface area (Å²) < 4.78 is 1.66. The van der Waals surface area contributed by atoms with E-state index in [1.807, 2.05) is 6.92 Å². The molecule has 0 aliphatic rings. The predicted molar refractivity (Wildman–Crippen MR) is 48.3 cm³/mol.